The van der Waals surface area contributed by atoms with E-state index >= 15 is 0 Å². The summed E-state index contributed by atoms with van der Waals surface area (Å²) in [6.07, 6.45) is 0.657. The van der Waals surface area contributed by atoms with Gasteiger partial charge in [0, 0.05) is 0 Å². The number of nitrogens with one attached hydrogen (secondary N) is 2. The molecule has 1 aromatic rings. The van der Waals surface area contributed by atoms with Crippen LogP contribution in [0.15, 0.2) is 0 Å². The predicted octanol–water partition coefficient (Wildman–Crippen LogP) is 0.745. The molecule has 1 aromatic heterocycles. The minimum absolute atomic E-state index is 0.0102. The Bertz CT molecular complexity index is 297. The van der Waals surface area contributed by atoms with E-state index in [-0.39, 0.29) is 10.7 Å². The highest BCUT2D eigenvalue weighted by atomic mass is 35.5. The maximum absolute atomic E-state index is 10.8. The molecule has 66 valence electrons. The lowest BCUT2D eigenvalue weighted by molar-refractivity contribution is 0.0701. The van der Waals surface area contributed by atoms with Gasteiger partial charge in [-0.05, 0) is 6.42 Å². The topological polar surface area (TPSA) is 78.0 Å². The molecular formula is C6H8ClN3O2. The molecule has 0 aliphatic heterocycles. The van der Waals surface area contributed by atoms with E-state index in [0.29, 0.717) is 12.1 Å². The highest BCUT2D eigenvalue weighted by Crippen LogP contribution is 2.17. The molecule has 12 heavy (non-hydrogen) atoms. The molecule has 0 unspecified atom stereocenters. The first-order valence-corrected chi connectivity index (χ1v) is 3.75. The van der Waals surface area contributed by atoms with E-state index in [4.69, 9.17) is 16.8 Å². The molecule has 0 radical (unpaired) electrons. The van der Waals surface area contributed by atoms with E-state index in [2.05, 4.69) is 10.2 Å². The predicted molar refractivity (Wildman–Crippen MR) is 42.2 cm³/mol. The Labute approximate surface area is 73.7 Å². The molecule has 6 heteroatoms. The second kappa shape index (κ2) is 3.55. The SMILES string of the molecule is CCc1[nH]nc(C(=O)NO)c1Cl. The Morgan fingerprint density at radius 2 is 2.50 bits per heavy atom. The third kappa shape index (κ3) is 1.41. The normalized spacial score (nSPS) is 9.92. The van der Waals surface area contributed by atoms with Crippen LogP contribution in [-0.4, -0.2) is 21.3 Å². The number of hydroxylamine groups is 1. The Hall–Kier alpha value is -1.07. The number of hydrogen-bond donors (Lipinski definition) is 3. The van der Waals surface area contributed by atoms with Crippen molar-refractivity contribution >= 4 is 17.5 Å². The van der Waals surface area contributed by atoms with Crippen molar-refractivity contribution in [1.29, 1.82) is 0 Å². The summed E-state index contributed by atoms with van der Waals surface area (Å²) in [6.45, 7) is 1.88. The summed E-state index contributed by atoms with van der Waals surface area (Å²) >= 11 is 5.73. The fraction of sp³-hybridized carbons (Fsp3) is 0.333. The second-order valence-corrected chi connectivity index (χ2v) is 2.54. The van der Waals surface area contributed by atoms with Crippen LogP contribution in [0.25, 0.3) is 0 Å². The minimum Gasteiger partial charge on any atom is -0.288 e. The molecule has 1 amide bonds. The fourth-order valence-electron chi connectivity index (χ4n) is 0.802. The Morgan fingerprint density at radius 3 is 2.92 bits per heavy atom. The number of carbonyl (C=O) groups excluding carboxylic acids is 1. The number of hydrogen-bond acceptors (Lipinski definition) is 3. The van der Waals surface area contributed by atoms with Gasteiger partial charge in [0.1, 0.15) is 0 Å². The van der Waals surface area contributed by atoms with Gasteiger partial charge < -0.3 is 0 Å². The molecular weight excluding hydrogens is 182 g/mol. The molecule has 0 bridgehead atoms. The molecule has 0 fully saturated rings. The molecule has 1 heterocycles. The smallest absolute Gasteiger partial charge is 0.288 e. The highest BCUT2D eigenvalue weighted by Gasteiger charge is 2.15. The second-order valence-electron chi connectivity index (χ2n) is 2.16. The highest BCUT2D eigenvalue weighted by molar-refractivity contribution is 6.34. The molecule has 3 N–H and O–H groups in total. The van der Waals surface area contributed by atoms with E-state index in [1.807, 2.05) is 6.92 Å². The number of halogens is 1. The van der Waals surface area contributed by atoms with Crippen molar-refractivity contribution in [3.63, 3.8) is 0 Å². The van der Waals surface area contributed by atoms with Crippen molar-refractivity contribution in [2.45, 2.75) is 13.3 Å². The molecule has 0 atom stereocenters. The third-order valence-corrected chi connectivity index (χ3v) is 1.85. The maximum Gasteiger partial charge on any atom is 0.296 e. The largest absolute Gasteiger partial charge is 0.296 e. The number of rotatable bonds is 2. The van der Waals surface area contributed by atoms with Crippen LogP contribution in [0.5, 0.6) is 0 Å². The van der Waals surface area contributed by atoms with Crippen molar-refractivity contribution in [3.8, 4) is 0 Å². The zero-order valence-corrected chi connectivity index (χ0v) is 7.14. The fourth-order valence-corrected chi connectivity index (χ4v) is 1.11. The number of carbonyl (C=O) groups is 1. The van der Waals surface area contributed by atoms with Gasteiger partial charge in [0.2, 0.25) is 0 Å². The minimum atomic E-state index is -0.712. The van der Waals surface area contributed by atoms with Crippen molar-refractivity contribution < 1.29 is 10.0 Å². The maximum atomic E-state index is 10.8. The van der Waals surface area contributed by atoms with Crippen molar-refractivity contribution in [1.82, 2.24) is 15.7 Å². The summed E-state index contributed by atoms with van der Waals surface area (Å²) < 4.78 is 0. The quantitative estimate of drug-likeness (QED) is 0.475. The first-order chi connectivity index (χ1) is 5.70. The van der Waals surface area contributed by atoms with Gasteiger partial charge in [-0.2, -0.15) is 5.10 Å². The average Bonchev–Trinajstić information content (AvgIpc) is 2.45. The standard InChI is InChI=1S/C6H8ClN3O2/c1-2-3-4(7)5(9-8-3)6(11)10-12/h12H,2H2,1H3,(H,8,9)(H,10,11). The lowest BCUT2D eigenvalue weighted by Gasteiger charge is -1.93. The lowest BCUT2D eigenvalue weighted by atomic mass is 10.3. The molecule has 0 aliphatic carbocycles. The van der Waals surface area contributed by atoms with Crippen molar-refractivity contribution in [2.75, 3.05) is 0 Å². The van der Waals surface area contributed by atoms with Crippen LogP contribution < -0.4 is 5.48 Å². The van der Waals surface area contributed by atoms with Crippen molar-refractivity contribution in [3.05, 3.63) is 16.4 Å². The van der Waals surface area contributed by atoms with E-state index in [0.717, 1.165) is 0 Å². The van der Waals surface area contributed by atoms with E-state index in [9.17, 15) is 4.79 Å². The first-order valence-electron chi connectivity index (χ1n) is 3.37. The van der Waals surface area contributed by atoms with Crippen LogP contribution in [0.2, 0.25) is 5.02 Å². The average molecular weight is 190 g/mol. The number of nitrogens with zero attached hydrogens (tertiary/aromatic N) is 1. The molecule has 1 rings (SSSR count). The van der Waals surface area contributed by atoms with Crippen LogP contribution in [0, 0.1) is 0 Å². The summed E-state index contributed by atoms with van der Waals surface area (Å²) in [6, 6.07) is 0. The van der Waals surface area contributed by atoms with Gasteiger partial charge in [-0.25, -0.2) is 5.48 Å². The van der Waals surface area contributed by atoms with Gasteiger partial charge in [0.25, 0.3) is 5.91 Å². The molecule has 0 saturated carbocycles. The van der Waals surface area contributed by atoms with E-state index in [1.54, 1.807) is 0 Å². The van der Waals surface area contributed by atoms with Gasteiger partial charge >= 0.3 is 0 Å². The van der Waals surface area contributed by atoms with Crippen molar-refractivity contribution in [2.24, 2.45) is 0 Å². The number of aromatic nitrogens is 2. The molecule has 0 aromatic carbocycles. The number of aryl methyl sites for hydroxylation is 1. The zero-order chi connectivity index (χ0) is 9.14. The number of H-pyrrole nitrogens is 1. The van der Waals surface area contributed by atoms with Gasteiger partial charge in [-0.1, -0.05) is 18.5 Å². The molecule has 5 nitrogen and oxygen atoms in total. The monoisotopic (exact) mass is 189 g/mol. The van der Waals surface area contributed by atoms with Crippen LogP contribution >= 0.6 is 11.6 Å². The Morgan fingerprint density at radius 1 is 1.83 bits per heavy atom. The van der Waals surface area contributed by atoms with E-state index < -0.39 is 5.91 Å². The number of aromatic amines is 1. The molecule has 0 saturated heterocycles. The van der Waals surface area contributed by atoms with Crippen LogP contribution in [-0.2, 0) is 6.42 Å². The van der Waals surface area contributed by atoms with E-state index in [1.165, 1.54) is 5.48 Å². The number of amides is 1. The van der Waals surface area contributed by atoms with Gasteiger partial charge in [-0.15, -0.1) is 0 Å². The van der Waals surface area contributed by atoms with Crippen LogP contribution in [0.4, 0.5) is 0 Å². The third-order valence-electron chi connectivity index (χ3n) is 1.45. The summed E-state index contributed by atoms with van der Waals surface area (Å²) in [5.74, 6) is -0.712. The summed E-state index contributed by atoms with van der Waals surface area (Å²) in [5.41, 5.74) is 2.14. The zero-order valence-electron chi connectivity index (χ0n) is 6.39. The summed E-state index contributed by atoms with van der Waals surface area (Å²) in [7, 11) is 0. The molecule has 0 spiro atoms. The first kappa shape index (κ1) is 9.02. The van der Waals surface area contributed by atoms with Gasteiger partial charge in [-0.3, -0.25) is 15.1 Å². The van der Waals surface area contributed by atoms with Gasteiger partial charge in [0.15, 0.2) is 5.69 Å². The Balaban J connectivity index is 3.02. The summed E-state index contributed by atoms with van der Waals surface area (Å²) in [4.78, 5) is 10.8. The van der Waals surface area contributed by atoms with Crippen LogP contribution in [0.1, 0.15) is 23.1 Å². The van der Waals surface area contributed by atoms with Gasteiger partial charge in [0.05, 0.1) is 10.7 Å². The Kier molecular flexibility index (Phi) is 2.67. The van der Waals surface area contributed by atoms with Crippen LogP contribution in [0.3, 0.4) is 0 Å². The lowest BCUT2D eigenvalue weighted by Crippen LogP contribution is -2.19. The molecule has 0 aliphatic rings. The summed E-state index contributed by atoms with van der Waals surface area (Å²) in [5, 5.41) is 14.7.